The van der Waals surface area contributed by atoms with E-state index < -0.39 is 0 Å². The first-order valence-electron chi connectivity index (χ1n) is 12.2. The second-order valence-corrected chi connectivity index (χ2v) is 11.2. The number of nitrogens with zero attached hydrogens (tertiary/aromatic N) is 1. The normalized spacial score (nSPS) is 43.4. The van der Waals surface area contributed by atoms with Crippen molar-refractivity contribution in [3.8, 4) is 0 Å². The minimum atomic E-state index is -0.168. The van der Waals surface area contributed by atoms with Crippen molar-refractivity contribution in [3.63, 3.8) is 0 Å². The van der Waals surface area contributed by atoms with Gasteiger partial charge in [-0.2, -0.15) is 0 Å². The number of hydrogen-bond acceptors (Lipinski definition) is 5. The number of likely N-dealkylation sites (N-methyl/N-ethyl adjacent to an activating group) is 1. The van der Waals surface area contributed by atoms with E-state index in [1.54, 1.807) is 0 Å². The van der Waals surface area contributed by atoms with Crippen molar-refractivity contribution < 1.29 is 19.1 Å². The first-order chi connectivity index (χ1) is 14.3. The second-order valence-electron chi connectivity index (χ2n) is 11.2. The van der Waals surface area contributed by atoms with Gasteiger partial charge in [0, 0.05) is 30.7 Å². The fourth-order valence-corrected chi connectivity index (χ4v) is 7.66. The van der Waals surface area contributed by atoms with Crippen LogP contribution in [0.25, 0.3) is 0 Å². The Morgan fingerprint density at radius 1 is 1.00 bits per heavy atom. The zero-order valence-electron chi connectivity index (χ0n) is 19.5. The third-order valence-corrected chi connectivity index (χ3v) is 9.32. The fraction of sp³-hybridized carbons (Fsp3) is 0.920. The molecule has 0 aliphatic heterocycles. The summed E-state index contributed by atoms with van der Waals surface area (Å²) >= 11 is 0. The predicted molar refractivity (Wildman–Crippen MR) is 116 cm³/mol. The molecule has 5 heteroatoms. The Morgan fingerprint density at radius 2 is 1.80 bits per heavy atom. The van der Waals surface area contributed by atoms with Gasteiger partial charge in [-0.05, 0) is 75.8 Å². The molecule has 7 atom stereocenters. The van der Waals surface area contributed by atoms with Crippen molar-refractivity contribution in [2.75, 3.05) is 40.5 Å². The lowest BCUT2D eigenvalue weighted by Crippen LogP contribution is -2.57. The summed E-state index contributed by atoms with van der Waals surface area (Å²) < 4.78 is 11.9. The van der Waals surface area contributed by atoms with Crippen molar-refractivity contribution in [2.45, 2.75) is 71.3 Å². The van der Waals surface area contributed by atoms with Crippen molar-refractivity contribution in [3.05, 3.63) is 0 Å². The summed E-state index contributed by atoms with van der Waals surface area (Å²) in [6.07, 6.45) is 7.71. The van der Waals surface area contributed by atoms with Crippen molar-refractivity contribution >= 4 is 11.6 Å². The first kappa shape index (κ1) is 22.4. The van der Waals surface area contributed by atoms with Crippen LogP contribution in [-0.2, 0) is 19.1 Å². The lowest BCUT2D eigenvalue weighted by Gasteiger charge is -2.59. The number of carbonyl (C=O) groups is 2. The second kappa shape index (κ2) is 8.63. The molecule has 5 nitrogen and oxygen atoms in total. The Bertz CT molecular complexity index is 664. The standard InChI is InChI=1S/C25H41NO4/c1-24-10-9-20-18(19(24)7-8-23(24)28)15-22(27)21-6-5-17(16-25(20,21)2)30-14-13-29-12-11-26(3)4/h17-21H,5-16H2,1-4H3/t17?,18-,19-,20-,21+,24-,25+/m0/s1. The van der Waals surface area contributed by atoms with Gasteiger partial charge in [-0.15, -0.1) is 0 Å². The van der Waals surface area contributed by atoms with Crippen LogP contribution < -0.4 is 0 Å². The van der Waals surface area contributed by atoms with E-state index in [1.165, 1.54) is 0 Å². The highest BCUT2D eigenvalue weighted by Gasteiger charge is 2.62. The van der Waals surface area contributed by atoms with E-state index in [4.69, 9.17) is 9.47 Å². The molecule has 0 spiro atoms. The van der Waals surface area contributed by atoms with Gasteiger partial charge in [0.1, 0.15) is 11.6 Å². The van der Waals surface area contributed by atoms with Crippen molar-refractivity contribution in [1.82, 2.24) is 4.90 Å². The number of hydrogen-bond donors (Lipinski definition) is 0. The largest absolute Gasteiger partial charge is 0.378 e. The molecule has 4 aliphatic carbocycles. The van der Waals surface area contributed by atoms with E-state index in [0.29, 0.717) is 49.0 Å². The highest BCUT2D eigenvalue weighted by molar-refractivity contribution is 5.88. The average Bonchev–Trinajstić information content (AvgIpc) is 2.99. The third kappa shape index (κ3) is 3.91. The molecule has 0 N–H and O–H groups in total. The summed E-state index contributed by atoms with van der Waals surface area (Å²) in [6, 6.07) is 0. The SMILES string of the molecule is CN(C)CCOCCOC1CC[C@@H]2C(=O)C[C@@H]3[C@H](CC[C@]4(C)C(=O)CC[C@@H]34)[C@@]2(C)C1. The van der Waals surface area contributed by atoms with E-state index in [-0.39, 0.29) is 22.9 Å². The van der Waals surface area contributed by atoms with E-state index in [1.807, 2.05) is 14.1 Å². The minimum Gasteiger partial charge on any atom is -0.378 e. The van der Waals surface area contributed by atoms with Crippen LogP contribution in [0.4, 0.5) is 0 Å². The van der Waals surface area contributed by atoms with Crippen LogP contribution in [-0.4, -0.2) is 63.0 Å². The van der Waals surface area contributed by atoms with Crippen LogP contribution in [0.3, 0.4) is 0 Å². The lowest BCUT2D eigenvalue weighted by molar-refractivity contribution is -0.164. The molecule has 0 aromatic carbocycles. The monoisotopic (exact) mass is 419 g/mol. The molecule has 4 fully saturated rings. The molecule has 4 aliphatic rings. The van der Waals surface area contributed by atoms with Gasteiger partial charge >= 0.3 is 0 Å². The number of ether oxygens (including phenoxy) is 2. The Balaban J connectivity index is 1.39. The number of rotatable bonds is 7. The minimum absolute atomic E-state index is 0.0294. The number of carbonyl (C=O) groups excluding carboxylic acids is 2. The van der Waals surface area contributed by atoms with Gasteiger partial charge in [0.15, 0.2) is 0 Å². The molecular weight excluding hydrogens is 378 g/mol. The maximum atomic E-state index is 13.2. The summed E-state index contributed by atoms with van der Waals surface area (Å²) in [4.78, 5) is 27.9. The van der Waals surface area contributed by atoms with E-state index in [0.717, 1.165) is 58.1 Å². The van der Waals surface area contributed by atoms with Crippen LogP contribution in [0.1, 0.15) is 65.2 Å². The summed E-state index contributed by atoms with van der Waals surface area (Å²) in [7, 11) is 4.10. The summed E-state index contributed by atoms with van der Waals surface area (Å²) in [6.45, 7) is 7.49. The van der Waals surface area contributed by atoms with Crippen molar-refractivity contribution in [1.29, 1.82) is 0 Å². The highest BCUT2D eigenvalue weighted by Crippen LogP contribution is 2.64. The van der Waals surface area contributed by atoms with Crippen molar-refractivity contribution in [2.24, 2.45) is 34.5 Å². The summed E-state index contributed by atoms with van der Waals surface area (Å²) in [5, 5.41) is 0. The van der Waals surface area contributed by atoms with Gasteiger partial charge < -0.3 is 14.4 Å². The first-order valence-corrected chi connectivity index (χ1v) is 12.2. The van der Waals surface area contributed by atoms with Gasteiger partial charge in [0.2, 0.25) is 0 Å². The molecule has 0 bridgehead atoms. The molecular formula is C25H41NO4. The summed E-state index contributed by atoms with van der Waals surface area (Å²) in [5.41, 5.74) is -0.138. The fourth-order valence-electron chi connectivity index (χ4n) is 7.66. The van der Waals surface area contributed by atoms with Gasteiger partial charge in [0.25, 0.3) is 0 Å². The molecule has 0 saturated heterocycles. The van der Waals surface area contributed by atoms with Gasteiger partial charge in [-0.25, -0.2) is 0 Å². The molecule has 4 rings (SSSR count). The maximum Gasteiger partial charge on any atom is 0.139 e. The van der Waals surface area contributed by atoms with E-state index in [9.17, 15) is 9.59 Å². The molecule has 4 saturated carbocycles. The molecule has 170 valence electrons. The van der Waals surface area contributed by atoms with E-state index >= 15 is 0 Å². The molecule has 0 heterocycles. The van der Waals surface area contributed by atoms with Crippen LogP contribution >= 0.6 is 0 Å². The number of Topliss-reactive ketones (excluding diaryl/α,β-unsaturated/α-hetero) is 2. The topological polar surface area (TPSA) is 55.8 Å². The van der Waals surface area contributed by atoms with Crippen LogP contribution in [0.5, 0.6) is 0 Å². The quantitative estimate of drug-likeness (QED) is 0.589. The lowest BCUT2D eigenvalue weighted by atomic mass is 9.45. The molecule has 1 unspecified atom stereocenters. The maximum absolute atomic E-state index is 13.2. The molecule has 0 amide bonds. The van der Waals surface area contributed by atoms with Crippen LogP contribution in [0.2, 0.25) is 0 Å². The average molecular weight is 420 g/mol. The zero-order valence-corrected chi connectivity index (χ0v) is 19.5. The Labute approximate surface area is 182 Å². The number of ketones is 2. The highest BCUT2D eigenvalue weighted by atomic mass is 16.5. The zero-order chi connectivity index (χ0) is 21.5. The molecule has 0 aromatic rings. The van der Waals surface area contributed by atoms with E-state index in [2.05, 4.69) is 18.7 Å². The Hall–Kier alpha value is -0.780. The smallest absolute Gasteiger partial charge is 0.139 e. The molecule has 0 radical (unpaired) electrons. The van der Waals surface area contributed by atoms with Gasteiger partial charge in [-0.3, -0.25) is 9.59 Å². The Morgan fingerprint density at radius 3 is 2.57 bits per heavy atom. The van der Waals surface area contributed by atoms with Crippen LogP contribution in [0, 0.1) is 34.5 Å². The predicted octanol–water partition coefficient (Wildman–Crippen LogP) is 3.74. The molecule has 30 heavy (non-hydrogen) atoms. The van der Waals surface area contributed by atoms with Crippen LogP contribution in [0.15, 0.2) is 0 Å². The summed E-state index contributed by atoms with van der Waals surface area (Å²) in [5.74, 6) is 2.48. The number of fused-ring (bicyclic) bond motifs is 5. The van der Waals surface area contributed by atoms with Gasteiger partial charge in [0.05, 0.1) is 25.9 Å². The Kier molecular flexibility index (Phi) is 6.45. The third-order valence-electron chi connectivity index (χ3n) is 9.32. The molecule has 0 aromatic heterocycles. The van der Waals surface area contributed by atoms with Gasteiger partial charge in [-0.1, -0.05) is 13.8 Å².